The van der Waals surface area contributed by atoms with Crippen molar-refractivity contribution in [1.29, 1.82) is 0 Å². The molecule has 0 radical (unpaired) electrons. The van der Waals surface area contributed by atoms with Gasteiger partial charge in [0.15, 0.2) is 6.10 Å². The first kappa shape index (κ1) is 76.0. The largest absolute Gasteiger partial charge is 0.472 e. The van der Waals surface area contributed by atoms with Crippen molar-refractivity contribution in [3.63, 3.8) is 0 Å². The van der Waals surface area contributed by atoms with Crippen LogP contribution in [-0.2, 0) is 32.7 Å². The van der Waals surface area contributed by atoms with Gasteiger partial charge in [-0.2, -0.15) is 0 Å². The average molecular weight is 1110 g/mol. The third-order valence-electron chi connectivity index (χ3n) is 15.9. The monoisotopic (exact) mass is 1110 g/mol. The van der Waals surface area contributed by atoms with Gasteiger partial charge >= 0.3 is 19.8 Å². The highest BCUT2D eigenvalue weighted by molar-refractivity contribution is 7.47. The summed E-state index contributed by atoms with van der Waals surface area (Å²) < 4.78 is 34.7. The Labute approximate surface area is 480 Å². The van der Waals surface area contributed by atoms with E-state index in [1.165, 1.54) is 302 Å². The van der Waals surface area contributed by atoms with E-state index in [1.807, 2.05) is 21.1 Å². The Morgan fingerprint density at radius 2 is 0.584 bits per heavy atom. The molecule has 0 aromatic heterocycles. The molecule has 2 atom stereocenters. The number of esters is 2. The number of unbranched alkanes of at least 4 members (excludes halogenated alkanes) is 51. The van der Waals surface area contributed by atoms with Crippen LogP contribution in [0.25, 0.3) is 0 Å². The second kappa shape index (κ2) is 59.6. The number of hydrogen-bond donors (Lipinski definition) is 1. The summed E-state index contributed by atoms with van der Waals surface area (Å²) in [5.74, 6) is -0.769. The van der Waals surface area contributed by atoms with Gasteiger partial charge in [-0.15, -0.1) is 0 Å². The summed E-state index contributed by atoms with van der Waals surface area (Å²) in [5.41, 5.74) is 0. The van der Waals surface area contributed by atoms with Crippen LogP contribution in [-0.4, -0.2) is 74.9 Å². The first-order valence-corrected chi connectivity index (χ1v) is 35.8. The molecule has 0 fully saturated rings. The Kier molecular flexibility index (Phi) is 58.9. The zero-order valence-corrected chi connectivity index (χ0v) is 53.4. The number of hydrogen-bond acceptors (Lipinski definition) is 7. The van der Waals surface area contributed by atoms with Crippen molar-refractivity contribution in [2.75, 3.05) is 47.5 Å². The van der Waals surface area contributed by atoms with Gasteiger partial charge in [0.2, 0.25) is 0 Å². The van der Waals surface area contributed by atoms with E-state index < -0.39 is 26.5 Å². The van der Waals surface area contributed by atoms with E-state index in [0.717, 1.165) is 38.5 Å². The molecule has 10 heteroatoms. The lowest BCUT2D eigenvalue weighted by molar-refractivity contribution is -0.870. The van der Waals surface area contributed by atoms with Gasteiger partial charge in [0, 0.05) is 12.8 Å². The highest BCUT2D eigenvalue weighted by Gasteiger charge is 2.27. The maximum atomic E-state index is 12.9. The van der Waals surface area contributed by atoms with E-state index in [-0.39, 0.29) is 25.6 Å². The van der Waals surface area contributed by atoms with E-state index in [9.17, 15) is 19.0 Å². The van der Waals surface area contributed by atoms with Crippen LogP contribution in [0.2, 0.25) is 0 Å². The summed E-state index contributed by atoms with van der Waals surface area (Å²) >= 11 is 0. The molecule has 0 heterocycles. The predicted octanol–water partition coefficient (Wildman–Crippen LogP) is 21.8. The predicted molar refractivity (Wildman–Crippen MR) is 331 cm³/mol. The van der Waals surface area contributed by atoms with E-state index >= 15 is 0 Å². The molecule has 0 aliphatic rings. The second-order valence-electron chi connectivity index (χ2n) is 24.9. The molecule has 1 N–H and O–H groups in total. The van der Waals surface area contributed by atoms with Gasteiger partial charge in [-0.05, 0) is 12.8 Å². The van der Waals surface area contributed by atoms with Crippen LogP contribution in [0.15, 0.2) is 0 Å². The maximum Gasteiger partial charge on any atom is 0.472 e. The van der Waals surface area contributed by atoms with Crippen molar-refractivity contribution < 1.29 is 42.1 Å². The topological polar surface area (TPSA) is 108 Å². The molecule has 0 bridgehead atoms. The molecule has 0 aromatic carbocycles. The van der Waals surface area contributed by atoms with Gasteiger partial charge in [-0.25, -0.2) is 4.57 Å². The average Bonchev–Trinajstić information content (AvgIpc) is 3.39. The summed E-state index contributed by atoms with van der Waals surface area (Å²) in [5, 5.41) is 0. The number of carbonyl (C=O) groups excluding carboxylic acids is 2. The van der Waals surface area contributed by atoms with Crippen LogP contribution in [0.4, 0.5) is 0 Å². The van der Waals surface area contributed by atoms with Crippen molar-refractivity contribution >= 4 is 19.8 Å². The number of rotatable bonds is 65. The number of ether oxygens (including phenoxy) is 2. The minimum Gasteiger partial charge on any atom is -0.462 e. The fourth-order valence-electron chi connectivity index (χ4n) is 10.6. The van der Waals surface area contributed by atoms with Crippen LogP contribution < -0.4 is 0 Å². The summed E-state index contributed by atoms with van der Waals surface area (Å²) in [6, 6.07) is 0. The van der Waals surface area contributed by atoms with E-state index in [4.69, 9.17) is 18.5 Å². The van der Waals surface area contributed by atoms with Gasteiger partial charge in [-0.1, -0.05) is 341 Å². The second-order valence-corrected chi connectivity index (χ2v) is 26.4. The van der Waals surface area contributed by atoms with Gasteiger partial charge in [0.25, 0.3) is 0 Å². The molecule has 460 valence electrons. The Morgan fingerprint density at radius 3 is 0.831 bits per heavy atom. The van der Waals surface area contributed by atoms with E-state index in [2.05, 4.69) is 13.8 Å². The van der Waals surface area contributed by atoms with Crippen molar-refractivity contribution in [2.45, 2.75) is 373 Å². The van der Waals surface area contributed by atoms with Gasteiger partial charge in [0.1, 0.15) is 19.8 Å². The third kappa shape index (κ3) is 64.1. The molecule has 0 saturated carbocycles. The fourth-order valence-corrected chi connectivity index (χ4v) is 11.4. The molecule has 9 nitrogen and oxygen atoms in total. The summed E-state index contributed by atoms with van der Waals surface area (Å²) in [4.78, 5) is 35.8. The number of carbonyl (C=O) groups is 2. The number of nitrogens with zero attached hydrogens (tertiary/aromatic N) is 1. The Hall–Kier alpha value is -0.990. The van der Waals surface area contributed by atoms with Crippen LogP contribution in [0.1, 0.15) is 367 Å². The molecule has 77 heavy (non-hydrogen) atoms. The van der Waals surface area contributed by atoms with Crippen molar-refractivity contribution in [3.8, 4) is 0 Å². The molecular weight excluding hydrogens is 978 g/mol. The highest BCUT2D eigenvalue weighted by atomic mass is 31.2. The van der Waals surface area contributed by atoms with Crippen LogP contribution in [0.3, 0.4) is 0 Å². The standard InChI is InChI=1S/C67H134NO8P/c1-6-8-10-12-14-16-18-20-22-24-26-28-29-30-31-32-33-34-35-36-37-38-39-40-42-44-46-48-50-52-54-56-58-60-67(70)76-65(64-75-77(71,72)74-62-61-68(3,4)5)63-73-66(69)59-57-55-53-51-49-47-45-43-41-27-25-23-21-19-17-15-13-11-9-7-2/h65H,6-64H2,1-5H3/p+1. The first-order chi connectivity index (χ1) is 37.5. The molecule has 0 saturated heterocycles. The number of phosphoric ester groups is 1. The van der Waals surface area contributed by atoms with Crippen LogP contribution >= 0.6 is 7.82 Å². The van der Waals surface area contributed by atoms with E-state index in [1.54, 1.807) is 0 Å². The smallest absolute Gasteiger partial charge is 0.462 e. The Bertz CT molecular complexity index is 1260. The van der Waals surface area contributed by atoms with Crippen molar-refractivity contribution in [2.24, 2.45) is 0 Å². The molecular formula is C67H135NO8P+. The quantitative estimate of drug-likeness (QED) is 0.0278. The summed E-state index contributed by atoms with van der Waals surface area (Å²) in [6.07, 6.45) is 70.7. The summed E-state index contributed by atoms with van der Waals surface area (Å²) in [7, 11) is 1.51. The number of likely N-dealkylation sites (N-methyl/N-ethyl adjacent to an activating group) is 1. The lowest BCUT2D eigenvalue weighted by Crippen LogP contribution is -2.37. The normalized spacial score (nSPS) is 13.1. The maximum absolute atomic E-state index is 12.9. The summed E-state index contributed by atoms with van der Waals surface area (Å²) in [6.45, 7) is 4.53. The highest BCUT2D eigenvalue weighted by Crippen LogP contribution is 2.43. The van der Waals surface area contributed by atoms with Crippen molar-refractivity contribution in [3.05, 3.63) is 0 Å². The minimum atomic E-state index is -4.38. The van der Waals surface area contributed by atoms with Gasteiger partial charge in [-0.3, -0.25) is 18.6 Å². The lowest BCUT2D eigenvalue weighted by Gasteiger charge is -2.24. The molecule has 0 aliphatic heterocycles. The van der Waals surface area contributed by atoms with Crippen LogP contribution in [0, 0.1) is 0 Å². The number of quaternary nitrogens is 1. The fraction of sp³-hybridized carbons (Fsp3) is 0.970. The van der Waals surface area contributed by atoms with Gasteiger partial charge in [0.05, 0.1) is 27.7 Å². The third-order valence-corrected chi connectivity index (χ3v) is 16.9. The first-order valence-electron chi connectivity index (χ1n) is 34.3. The zero-order valence-electron chi connectivity index (χ0n) is 52.5. The molecule has 0 rings (SSSR count). The lowest BCUT2D eigenvalue weighted by atomic mass is 10.0. The zero-order chi connectivity index (χ0) is 56.3. The van der Waals surface area contributed by atoms with Crippen LogP contribution in [0.5, 0.6) is 0 Å². The van der Waals surface area contributed by atoms with E-state index in [0.29, 0.717) is 17.4 Å². The molecule has 0 amide bonds. The SMILES string of the molecule is CCCCCCCCCCCCCCCCCCCCCCCCCCCCCCCCCCCC(=O)OC(COC(=O)CCCCCCCCCCCCCCCCCCCCCC)COP(=O)(O)OCC[N+](C)(C)C. The molecule has 0 aliphatic carbocycles. The molecule has 0 aromatic rings. The number of phosphoric acid groups is 1. The Morgan fingerprint density at radius 1 is 0.351 bits per heavy atom. The molecule has 2 unspecified atom stereocenters. The van der Waals surface area contributed by atoms with Gasteiger partial charge < -0.3 is 18.9 Å². The minimum absolute atomic E-state index is 0.0376. The van der Waals surface area contributed by atoms with Crippen molar-refractivity contribution in [1.82, 2.24) is 0 Å². The molecule has 0 spiro atoms. The Balaban J connectivity index is 3.95.